The summed E-state index contributed by atoms with van der Waals surface area (Å²) in [6.45, 7) is 3.94. The van der Waals surface area contributed by atoms with Crippen LogP contribution in [0.4, 0.5) is 0 Å². The van der Waals surface area contributed by atoms with Gasteiger partial charge in [-0.2, -0.15) is 0 Å². The van der Waals surface area contributed by atoms with Gasteiger partial charge in [-0.1, -0.05) is 12.1 Å². The van der Waals surface area contributed by atoms with E-state index in [1.54, 1.807) is 44.3 Å². The number of phenolic OH excluding ortho intramolecular Hbond substituents is 1. The number of rotatable bonds is 5. The summed E-state index contributed by atoms with van der Waals surface area (Å²) < 4.78 is 11.1. The molecule has 138 valence electrons. The Bertz CT molecular complexity index is 820. The molecule has 0 bridgehead atoms. The zero-order valence-corrected chi connectivity index (χ0v) is 15.0. The molecule has 0 spiro atoms. The van der Waals surface area contributed by atoms with Gasteiger partial charge in [-0.3, -0.25) is 5.32 Å². The third-order valence-electron chi connectivity index (χ3n) is 4.56. The van der Waals surface area contributed by atoms with Crippen molar-refractivity contribution < 1.29 is 24.5 Å². The van der Waals surface area contributed by atoms with Gasteiger partial charge >= 0.3 is 5.97 Å². The maximum Gasteiger partial charge on any atom is 0.338 e. The smallest absolute Gasteiger partial charge is 0.338 e. The number of ether oxygens (including phenoxy) is 2. The minimum Gasteiger partial charge on any atom is -0.508 e. The standard InChI is InChI=1S/C20H23NO5/c1-4-25-20(24)13-9-15-17(12-6-5-7-14(22)8-12)11(2)26-18(15)16(10-13)19(23)21-3/h5-11,17,19,21-23H,4H2,1-3H3/t11-,17-,19?/m1/s1. The van der Waals surface area contributed by atoms with Crippen LogP contribution in [-0.2, 0) is 4.74 Å². The number of fused-ring (bicyclic) bond motifs is 1. The van der Waals surface area contributed by atoms with E-state index in [1.165, 1.54) is 0 Å². The highest BCUT2D eigenvalue weighted by atomic mass is 16.5. The summed E-state index contributed by atoms with van der Waals surface area (Å²) in [5.41, 5.74) is 2.51. The van der Waals surface area contributed by atoms with Gasteiger partial charge in [-0.05, 0) is 50.7 Å². The summed E-state index contributed by atoms with van der Waals surface area (Å²) in [4.78, 5) is 12.3. The molecular weight excluding hydrogens is 334 g/mol. The molecule has 2 aromatic rings. The molecule has 26 heavy (non-hydrogen) atoms. The van der Waals surface area contributed by atoms with E-state index in [9.17, 15) is 15.0 Å². The lowest BCUT2D eigenvalue weighted by Crippen LogP contribution is -2.17. The summed E-state index contributed by atoms with van der Waals surface area (Å²) in [6.07, 6.45) is -1.19. The first kappa shape index (κ1) is 18.2. The molecule has 0 radical (unpaired) electrons. The zero-order valence-electron chi connectivity index (χ0n) is 15.0. The van der Waals surface area contributed by atoms with Crippen molar-refractivity contribution in [2.45, 2.75) is 32.1 Å². The van der Waals surface area contributed by atoms with E-state index < -0.39 is 12.2 Å². The number of nitrogens with one attached hydrogen (secondary N) is 1. The lowest BCUT2D eigenvalue weighted by Gasteiger charge is -2.16. The van der Waals surface area contributed by atoms with Crippen LogP contribution < -0.4 is 10.1 Å². The topological polar surface area (TPSA) is 88.0 Å². The number of carbonyl (C=O) groups is 1. The van der Waals surface area contributed by atoms with Crippen LogP contribution in [-0.4, -0.2) is 35.9 Å². The molecule has 1 heterocycles. The normalized spacial score (nSPS) is 19.5. The Morgan fingerprint density at radius 2 is 2.12 bits per heavy atom. The fourth-order valence-corrected chi connectivity index (χ4v) is 3.41. The molecule has 3 N–H and O–H groups in total. The molecule has 0 saturated heterocycles. The van der Waals surface area contributed by atoms with Gasteiger partial charge in [0.2, 0.25) is 0 Å². The SMILES string of the molecule is CCOC(=O)c1cc(C(O)NC)c2c(c1)[C@@H](c1cccc(O)c1)[C@@H](C)O2. The predicted molar refractivity (Wildman–Crippen MR) is 96.5 cm³/mol. The van der Waals surface area contributed by atoms with E-state index in [-0.39, 0.29) is 24.4 Å². The molecule has 3 rings (SSSR count). The summed E-state index contributed by atoms with van der Waals surface area (Å²) >= 11 is 0. The van der Waals surface area contributed by atoms with Crippen LogP contribution >= 0.6 is 0 Å². The van der Waals surface area contributed by atoms with Crippen molar-refractivity contribution in [3.8, 4) is 11.5 Å². The van der Waals surface area contributed by atoms with E-state index in [0.717, 1.165) is 11.1 Å². The van der Waals surface area contributed by atoms with Crippen LogP contribution in [0.15, 0.2) is 36.4 Å². The van der Waals surface area contributed by atoms with Gasteiger partial charge in [0.25, 0.3) is 0 Å². The number of phenols is 1. The van der Waals surface area contributed by atoms with Gasteiger partial charge in [0.05, 0.1) is 12.2 Å². The molecule has 0 fully saturated rings. The third-order valence-corrected chi connectivity index (χ3v) is 4.56. The maximum absolute atomic E-state index is 12.3. The quantitative estimate of drug-likeness (QED) is 0.563. The highest BCUT2D eigenvalue weighted by Gasteiger charge is 2.36. The average molecular weight is 357 g/mol. The van der Waals surface area contributed by atoms with E-state index in [2.05, 4.69) is 5.32 Å². The summed E-state index contributed by atoms with van der Waals surface area (Å²) in [6, 6.07) is 10.3. The van der Waals surface area contributed by atoms with Crippen LogP contribution in [0.5, 0.6) is 11.5 Å². The molecule has 1 aliphatic rings. The first-order chi connectivity index (χ1) is 12.5. The molecular formula is C20H23NO5. The van der Waals surface area contributed by atoms with Gasteiger partial charge in [0, 0.05) is 17.0 Å². The molecule has 0 saturated carbocycles. The highest BCUT2D eigenvalue weighted by molar-refractivity contribution is 5.90. The molecule has 6 nitrogen and oxygen atoms in total. The van der Waals surface area contributed by atoms with Crippen molar-refractivity contribution in [1.82, 2.24) is 5.32 Å². The van der Waals surface area contributed by atoms with Crippen LogP contribution in [0.3, 0.4) is 0 Å². The van der Waals surface area contributed by atoms with Crippen molar-refractivity contribution >= 4 is 5.97 Å². The minimum absolute atomic E-state index is 0.167. The van der Waals surface area contributed by atoms with Gasteiger partial charge < -0.3 is 19.7 Å². The van der Waals surface area contributed by atoms with Crippen molar-refractivity contribution in [3.05, 3.63) is 58.7 Å². The average Bonchev–Trinajstić information content (AvgIpc) is 2.96. The highest BCUT2D eigenvalue weighted by Crippen LogP contribution is 2.46. The Labute approximate surface area is 152 Å². The summed E-state index contributed by atoms with van der Waals surface area (Å²) in [5.74, 6) is 0.101. The fourth-order valence-electron chi connectivity index (χ4n) is 3.41. The Balaban J connectivity index is 2.16. The first-order valence-electron chi connectivity index (χ1n) is 8.62. The Morgan fingerprint density at radius 3 is 2.77 bits per heavy atom. The second kappa shape index (κ2) is 7.35. The van der Waals surface area contributed by atoms with E-state index >= 15 is 0 Å². The van der Waals surface area contributed by atoms with Crippen molar-refractivity contribution in [2.75, 3.05) is 13.7 Å². The molecule has 1 aliphatic heterocycles. The lowest BCUT2D eigenvalue weighted by molar-refractivity contribution is 0.0525. The van der Waals surface area contributed by atoms with Crippen molar-refractivity contribution in [3.63, 3.8) is 0 Å². The number of carbonyl (C=O) groups excluding carboxylic acids is 1. The van der Waals surface area contributed by atoms with E-state index in [0.29, 0.717) is 16.9 Å². The number of aromatic hydroxyl groups is 1. The third kappa shape index (κ3) is 3.25. The zero-order chi connectivity index (χ0) is 18.8. The van der Waals surface area contributed by atoms with Gasteiger partial charge in [-0.15, -0.1) is 0 Å². The minimum atomic E-state index is -0.978. The first-order valence-corrected chi connectivity index (χ1v) is 8.62. The van der Waals surface area contributed by atoms with Gasteiger partial charge in [0.15, 0.2) is 0 Å². The number of esters is 1. The maximum atomic E-state index is 12.3. The largest absolute Gasteiger partial charge is 0.508 e. The second-order valence-electron chi connectivity index (χ2n) is 6.29. The monoisotopic (exact) mass is 357 g/mol. The molecule has 0 aliphatic carbocycles. The Kier molecular flexibility index (Phi) is 5.15. The van der Waals surface area contributed by atoms with Gasteiger partial charge in [0.1, 0.15) is 23.8 Å². The molecule has 3 atom stereocenters. The van der Waals surface area contributed by atoms with Crippen molar-refractivity contribution in [2.24, 2.45) is 0 Å². The van der Waals surface area contributed by atoms with Crippen LogP contribution in [0, 0.1) is 0 Å². The molecule has 0 amide bonds. The second-order valence-corrected chi connectivity index (χ2v) is 6.29. The number of benzene rings is 2. The summed E-state index contributed by atoms with van der Waals surface area (Å²) in [5, 5.41) is 22.9. The number of hydrogen-bond acceptors (Lipinski definition) is 6. The lowest BCUT2D eigenvalue weighted by atomic mass is 9.87. The Morgan fingerprint density at radius 1 is 1.35 bits per heavy atom. The fraction of sp³-hybridized carbons (Fsp3) is 0.350. The molecule has 6 heteroatoms. The van der Waals surface area contributed by atoms with Crippen molar-refractivity contribution in [1.29, 1.82) is 0 Å². The Hall–Kier alpha value is -2.57. The van der Waals surface area contributed by atoms with Crippen LogP contribution in [0.2, 0.25) is 0 Å². The van der Waals surface area contributed by atoms with Crippen LogP contribution in [0.1, 0.15) is 53.0 Å². The van der Waals surface area contributed by atoms with E-state index in [4.69, 9.17) is 9.47 Å². The number of hydrogen-bond donors (Lipinski definition) is 3. The molecule has 0 aromatic heterocycles. The van der Waals surface area contributed by atoms with E-state index in [1.807, 2.05) is 13.0 Å². The van der Waals surface area contributed by atoms with Crippen LogP contribution in [0.25, 0.3) is 0 Å². The van der Waals surface area contributed by atoms with Gasteiger partial charge in [-0.25, -0.2) is 4.79 Å². The predicted octanol–water partition coefficient (Wildman–Crippen LogP) is 2.69. The summed E-state index contributed by atoms with van der Waals surface area (Å²) in [7, 11) is 1.62. The number of aliphatic hydroxyl groups is 1. The molecule has 1 unspecified atom stereocenters. The molecule has 2 aromatic carbocycles. The number of aliphatic hydroxyl groups excluding tert-OH is 1.